The van der Waals surface area contributed by atoms with Crippen LogP contribution in [0.5, 0.6) is 0 Å². The maximum Gasteiger partial charge on any atom is 0.266 e. The SMILES string of the molecule is CNc1c(-c2ccc3nn(C)cc3c2)c(=O)n(-c2ccc(Cl)cc2)c2nc(C=O)c(F)cc12. The lowest BCUT2D eigenvalue weighted by molar-refractivity contribution is 0.111. The van der Waals surface area contributed by atoms with Crippen LogP contribution in [0.2, 0.25) is 5.02 Å². The van der Waals surface area contributed by atoms with E-state index in [4.69, 9.17) is 11.6 Å². The number of halogens is 2. The van der Waals surface area contributed by atoms with Gasteiger partial charge in [0.2, 0.25) is 0 Å². The average Bonchev–Trinajstić information content (AvgIpc) is 3.18. The molecule has 5 aromatic rings. The Hall–Kier alpha value is -4.04. The highest BCUT2D eigenvalue weighted by molar-refractivity contribution is 6.30. The molecule has 1 N–H and O–H groups in total. The van der Waals surface area contributed by atoms with Gasteiger partial charge in [0.25, 0.3) is 5.56 Å². The van der Waals surface area contributed by atoms with Crippen LogP contribution in [0, 0.1) is 5.82 Å². The van der Waals surface area contributed by atoms with Crippen LogP contribution < -0.4 is 10.9 Å². The second-order valence-electron chi connectivity index (χ2n) is 7.54. The van der Waals surface area contributed by atoms with Gasteiger partial charge < -0.3 is 5.32 Å². The summed E-state index contributed by atoms with van der Waals surface area (Å²) >= 11 is 6.04. The lowest BCUT2D eigenvalue weighted by atomic mass is 10.0. The number of benzene rings is 2. The quantitative estimate of drug-likeness (QED) is 0.396. The maximum absolute atomic E-state index is 14.6. The molecule has 0 spiro atoms. The van der Waals surface area contributed by atoms with Gasteiger partial charge in [0, 0.05) is 36.1 Å². The number of hydrogen-bond donors (Lipinski definition) is 1. The fraction of sp³-hybridized carbons (Fsp3) is 0.0833. The molecule has 3 aromatic heterocycles. The van der Waals surface area contributed by atoms with Crippen LogP contribution in [0.25, 0.3) is 38.8 Å². The van der Waals surface area contributed by atoms with Gasteiger partial charge in [-0.3, -0.25) is 18.8 Å². The molecule has 0 radical (unpaired) electrons. The molecule has 3 heterocycles. The number of nitrogens with one attached hydrogen (secondary N) is 1. The summed E-state index contributed by atoms with van der Waals surface area (Å²) in [6.45, 7) is 0. The van der Waals surface area contributed by atoms with Gasteiger partial charge in [-0.2, -0.15) is 5.10 Å². The summed E-state index contributed by atoms with van der Waals surface area (Å²) in [7, 11) is 3.47. The van der Waals surface area contributed by atoms with Crippen molar-refractivity contribution in [2.75, 3.05) is 12.4 Å². The van der Waals surface area contributed by atoms with Crippen molar-refractivity contribution in [3.63, 3.8) is 0 Å². The summed E-state index contributed by atoms with van der Waals surface area (Å²) in [4.78, 5) is 29.5. The molecule has 0 atom stereocenters. The number of aromatic nitrogens is 4. The lowest BCUT2D eigenvalue weighted by Crippen LogP contribution is -2.23. The smallest absolute Gasteiger partial charge is 0.266 e. The molecule has 33 heavy (non-hydrogen) atoms. The van der Waals surface area contributed by atoms with Gasteiger partial charge in [0.05, 0.1) is 22.5 Å². The first-order chi connectivity index (χ1) is 15.9. The van der Waals surface area contributed by atoms with Crippen LogP contribution in [0.4, 0.5) is 10.1 Å². The first-order valence-corrected chi connectivity index (χ1v) is 10.4. The zero-order valence-corrected chi connectivity index (χ0v) is 18.4. The minimum absolute atomic E-state index is 0.154. The van der Waals surface area contributed by atoms with E-state index in [-0.39, 0.29) is 16.9 Å². The van der Waals surface area contributed by atoms with Crippen LogP contribution in [-0.4, -0.2) is 32.7 Å². The molecule has 0 saturated carbocycles. The molecule has 0 aliphatic rings. The molecule has 0 saturated heterocycles. The van der Waals surface area contributed by atoms with Crippen LogP contribution in [-0.2, 0) is 7.05 Å². The third-order valence-electron chi connectivity index (χ3n) is 5.49. The summed E-state index contributed by atoms with van der Waals surface area (Å²) < 4.78 is 17.7. The van der Waals surface area contributed by atoms with E-state index in [1.54, 1.807) is 42.1 Å². The van der Waals surface area contributed by atoms with Gasteiger partial charge in [0.15, 0.2) is 17.8 Å². The van der Waals surface area contributed by atoms with Gasteiger partial charge in [-0.1, -0.05) is 17.7 Å². The Kier molecular flexibility index (Phi) is 4.94. The van der Waals surface area contributed by atoms with Crippen molar-refractivity contribution in [2.24, 2.45) is 7.05 Å². The van der Waals surface area contributed by atoms with E-state index in [1.165, 1.54) is 10.6 Å². The predicted molar refractivity (Wildman–Crippen MR) is 127 cm³/mol. The molecule has 0 aliphatic carbocycles. The van der Waals surface area contributed by atoms with Crippen molar-refractivity contribution in [3.05, 3.63) is 81.6 Å². The zero-order chi connectivity index (χ0) is 23.3. The van der Waals surface area contributed by atoms with Crippen molar-refractivity contribution in [2.45, 2.75) is 0 Å². The predicted octanol–water partition coefficient (Wildman–Crippen LogP) is 4.59. The van der Waals surface area contributed by atoms with Gasteiger partial charge in [-0.15, -0.1) is 0 Å². The molecule has 0 unspecified atom stereocenters. The number of fused-ring (bicyclic) bond motifs is 2. The standard InChI is InChI=1S/C24H17ClFN5O2/c1-27-22-17-10-18(26)20(12-32)28-23(17)31(16-6-4-15(25)5-7-16)24(33)21(22)13-3-8-19-14(9-13)11-30(2)29-19/h3-12,27H,1-2H3. The summed E-state index contributed by atoms with van der Waals surface area (Å²) in [5.41, 5.74) is 2.05. The monoisotopic (exact) mass is 461 g/mol. The third-order valence-corrected chi connectivity index (χ3v) is 5.74. The van der Waals surface area contributed by atoms with E-state index in [0.29, 0.717) is 39.2 Å². The van der Waals surface area contributed by atoms with E-state index in [2.05, 4.69) is 15.4 Å². The molecule has 2 aromatic carbocycles. The Morgan fingerprint density at radius 3 is 2.58 bits per heavy atom. The van der Waals surface area contributed by atoms with E-state index < -0.39 is 5.82 Å². The maximum atomic E-state index is 14.6. The molecule has 5 rings (SSSR count). The summed E-state index contributed by atoms with van der Waals surface area (Å²) in [6, 6.07) is 13.3. The highest BCUT2D eigenvalue weighted by atomic mass is 35.5. The van der Waals surface area contributed by atoms with Crippen LogP contribution in [0.15, 0.2) is 59.5 Å². The van der Waals surface area contributed by atoms with Crippen molar-refractivity contribution in [1.82, 2.24) is 19.3 Å². The molecule has 9 heteroatoms. The minimum atomic E-state index is -0.774. The molecule has 0 fully saturated rings. The Bertz CT molecular complexity index is 1620. The molecule has 0 aliphatic heterocycles. The Labute approximate surface area is 192 Å². The molecule has 0 amide bonds. The summed E-state index contributed by atoms with van der Waals surface area (Å²) in [6.07, 6.45) is 2.18. The van der Waals surface area contributed by atoms with Crippen molar-refractivity contribution < 1.29 is 9.18 Å². The van der Waals surface area contributed by atoms with Gasteiger partial charge >= 0.3 is 0 Å². The molecular weight excluding hydrogens is 445 g/mol. The van der Waals surface area contributed by atoms with E-state index in [1.807, 2.05) is 25.4 Å². The molecule has 164 valence electrons. The minimum Gasteiger partial charge on any atom is -0.387 e. The van der Waals surface area contributed by atoms with Crippen LogP contribution in [0.3, 0.4) is 0 Å². The Balaban J connectivity index is 1.94. The number of carbonyl (C=O) groups excluding carboxylic acids is 1. The molecular formula is C24H17ClFN5O2. The second kappa shape index (κ2) is 7.83. The number of hydrogen-bond acceptors (Lipinski definition) is 5. The first-order valence-electron chi connectivity index (χ1n) is 10.0. The number of rotatable bonds is 4. The number of aryl methyl sites for hydroxylation is 1. The number of aldehydes is 1. The number of anilines is 1. The summed E-state index contributed by atoms with van der Waals surface area (Å²) in [5, 5.41) is 9.13. The second-order valence-corrected chi connectivity index (χ2v) is 7.97. The largest absolute Gasteiger partial charge is 0.387 e. The highest BCUT2D eigenvalue weighted by Crippen LogP contribution is 2.34. The number of pyridine rings is 2. The van der Waals surface area contributed by atoms with Crippen molar-refractivity contribution >= 4 is 45.5 Å². The first kappa shape index (κ1) is 20.8. The van der Waals surface area contributed by atoms with Gasteiger partial charge in [-0.25, -0.2) is 9.37 Å². The zero-order valence-electron chi connectivity index (χ0n) is 17.6. The van der Waals surface area contributed by atoms with E-state index in [9.17, 15) is 14.0 Å². The highest BCUT2D eigenvalue weighted by Gasteiger charge is 2.22. The average molecular weight is 462 g/mol. The molecule has 0 bridgehead atoms. The number of carbonyl (C=O) groups is 1. The lowest BCUT2D eigenvalue weighted by Gasteiger charge is -2.18. The third kappa shape index (κ3) is 3.35. The van der Waals surface area contributed by atoms with Crippen molar-refractivity contribution in [3.8, 4) is 16.8 Å². The fourth-order valence-electron chi connectivity index (χ4n) is 4.04. The van der Waals surface area contributed by atoms with Gasteiger partial charge in [0.1, 0.15) is 5.69 Å². The van der Waals surface area contributed by atoms with Gasteiger partial charge in [-0.05, 0) is 48.0 Å². The van der Waals surface area contributed by atoms with E-state index in [0.717, 1.165) is 10.9 Å². The Morgan fingerprint density at radius 2 is 1.88 bits per heavy atom. The molecule has 7 nitrogen and oxygen atoms in total. The summed E-state index contributed by atoms with van der Waals surface area (Å²) in [5.74, 6) is -0.774. The van der Waals surface area contributed by atoms with Crippen LogP contribution in [0.1, 0.15) is 10.5 Å². The topological polar surface area (TPSA) is 81.8 Å². The van der Waals surface area contributed by atoms with Crippen LogP contribution >= 0.6 is 11.6 Å². The number of nitrogens with zero attached hydrogens (tertiary/aromatic N) is 4. The van der Waals surface area contributed by atoms with Crippen molar-refractivity contribution in [1.29, 1.82) is 0 Å². The van der Waals surface area contributed by atoms with E-state index >= 15 is 0 Å². The fourth-order valence-corrected chi connectivity index (χ4v) is 4.17. The normalized spacial score (nSPS) is 11.3. The Morgan fingerprint density at radius 1 is 1.12 bits per heavy atom.